The Hall–Kier alpha value is -3.61. The molecule has 1 atom stereocenters. The Balaban J connectivity index is 1.52. The SMILES string of the molecule is CCOc1cccc(C2C(C(=O)c3sc(C)nc3C)=C(O)C(=O)N2c2nnc(SCc3ccc(F)cc3)s2)c1. The largest absolute Gasteiger partial charge is 0.503 e. The molecule has 2 aromatic heterocycles. The molecule has 2 aromatic carbocycles. The minimum Gasteiger partial charge on any atom is -0.503 e. The lowest BCUT2D eigenvalue weighted by Crippen LogP contribution is -2.31. The van der Waals surface area contributed by atoms with Crippen LogP contribution in [-0.4, -0.2) is 38.6 Å². The maximum absolute atomic E-state index is 13.8. The van der Waals surface area contributed by atoms with E-state index in [-0.39, 0.29) is 16.5 Å². The molecule has 0 saturated carbocycles. The van der Waals surface area contributed by atoms with Gasteiger partial charge in [0.05, 0.1) is 33.8 Å². The summed E-state index contributed by atoms with van der Waals surface area (Å²) in [4.78, 5) is 33.3. The highest BCUT2D eigenvalue weighted by atomic mass is 32.2. The molecule has 0 aliphatic carbocycles. The molecule has 200 valence electrons. The Morgan fingerprint density at radius 1 is 1.15 bits per heavy atom. The number of aromatic nitrogens is 3. The second kappa shape index (κ2) is 11.2. The van der Waals surface area contributed by atoms with Crippen LogP contribution in [0, 0.1) is 19.7 Å². The highest BCUT2D eigenvalue weighted by Crippen LogP contribution is 2.45. The Kier molecular flexibility index (Phi) is 7.78. The average molecular weight is 583 g/mol. The molecular weight excluding hydrogens is 560 g/mol. The van der Waals surface area contributed by atoms with Gasteiger partial charge >= 0.3 is 0 Å². The van der Waals surface area contributed by atoms with Crippen molar-refractivity contribution in [3.05, 3.63) is 92.4 Å². The Morgan fingerprint density at radius 3 is 2.62 bits per heavy atom. The molecular formula is C27H23FN4O4S3. The van der Waals surface area contributed by atoms with Crippen LogP contribution in [0.2, 0.25) is 0 Å². The number of aliphatic hydroxyl groups is 1. The van der Waals surface area contributed by atoms with Crippen LogP contribution in [0.5, 0.6) is 5.75 Å². The minimum absolute atomic E-state index is 0.0453. The summed E-state index contributed by atoms with van der Waals surface area (Å²) in [5, 5.41) is 20.4. The van der Waals surface area contributed by atoms with Gasteiger partial charge in [-0.1, -0.05) is 47.4 Å². The Labute approximate surface area is 236 Å². The number of aryl methyl sites for hydroxylation is 2. The van der Waals surface area contributed by atoms with E-state index in [1.807, 2.05) is 6.92 Å². The van der Waals surface area contributed by atoms with Gasteiger partial charge in [-0.2, -0.15) is 0 Å². The molecule has 1 unspecified atom stereocenters. The zero-order chi connectivity index (χ0) is 27.7. The third-order valence-electron chi connectivity index (χ3n) is 5.92. The third-order valence-corrected chi connectivity index (χ3v) is 9.12. The first kappa shape index (κ1) is 27.0. The van der Waals surface area contributed by atoms with E-state index in [9.17, 15) is 19.1 Å². The fourth-order valence-corrected chi connectivity index (χ4v) is 6.94. The van der Waals surface area contributed by atoms with Crippen molar-refractivity contribution in [2.75, 3.05) is 11.5 Å². The number of anilines is 1. The molecule has 8 nitrogen and oxygen atoms in total. The van der Waals surface area contributed by atoms with Gasteiger partial charge in [0.2, 0.25) is 10.9 Å². The summed E-state index contributed by atoms with van der Waals surface area (Å²) < 4.78 is 19.5. The molecule has 5 rings (SSSR count). The van der Waals surface area contributed by atoms with E-state index >= 15 is 0 Å². The molecule has 1 aliphatic rings. The van der Waals surface area contributed by atoms with Crippen molar-refractivity contribution < 1.29 is 23.8 Å². The number of Topliss-reactive ketones (excluding diaryl/α,β-unsaturated/α-hetero) is 1. The topological polar surface area (TPSA) is 106 Å². The molecule has 0 radical (unpaired) electrons. The zero-order valence-corrected chi connectivity index (χ0v) is 23.6. The van der Waals surface area contributed by atoms with E-state index < -0.39 is 23.5 Å². The molecule has 0 saturated heterocycles. The van der Waals surface area contributed by atoms with Crippen LogP contribution in [-0.2, 0) is 10.5 Å². The summed E-state index contributed by atoms with van der Waals surface area (Å²) in [7, 11) is 0. The van der Waals surface area contributed by atoms with E-state index in [2.05, 4.69) is 15.2 Å². The molecule has 39 heavy (non-hydrogen) atoms. The number of carbonyl (C=O) groups is 2. The van der Waals surface area contributed by atoms with Gasteiger partial charge in [-0.05, 0) is 56.2 Å². The molecule has 12 heteroatoms. The number of halogens is 1. The summed E-state index contributed by atoms with van der Waals surface area (Å²) in [5.74, 6) is -1.05. The van der Waals surface area contributed by atoms with E-state index in [1.165, 1.54) is 51.5 Å². The lowest BCUT2D eigenvalue weighted by Gasteiger charge is -2.24. The molecule has 4 aromatic rings. The average Bonchev–Trinajstić information content (AvgIpc) is 3.59. The summed E-state index contributed by atoms with van der Waals surface area (Å²) in [6.45, 7) is 5.82. The van der Waals surface area contributed by atoms with Crippen molar-refractivity contribution in [3.63, 3.8) is 0 Å². The van der Waals surface area contributed by atoms with Gasteiger partial charge in [0.15, 0.2) is 10.1 Å². The number of aliphatic hydroxyl groups excluding tert-OH is 1. The monoisotopic (exact) mass is 582 g/mol. The van der Waals surface area contributed by atoms with Gasteiger partial charge in [0.1, 0.15) is 11.6 Å². The maximum atomic E-state index is 13.8. The summed E-state index contributed by atoms with van der Waals surface area (Å²) in [6, 6.07) is 12.3. The second-order valence-corrected chi connectivity index (χ2v) is 12.0. The number of ether oxygens (including phenoxy) is 1. The van der Waals surface area contributed by atoms with Crippen LogP contribution in [0.1, 0.15) is 44.5 Å². The molecule has 1 amide bonds. The maximum Gasteiger partial charge on any atom is 0.296 e. The van der Waals surface area contributed by atoms with Crippen molar-refractivity contribution >= 4 is 51.3 Å². The molecule has 3 heterocycles. The highest BCUT2D eigenvalue weighted by molar-refractivity contribution is 8.00. The standard InChI is InChI=1S/C27H23FN4O4S3/c1-4-36-19-7-5-6-17(12-19)21-20(22(33)24-14(2)29-15(3)38-24)23(34)25(35)32(21)26-30-31-27(39-26)37-13-16-8-10-18(28)11-9-16/h5-12,21,34H,4,13H2,1-3H3. The number of rotatable bonds is 9. The number of amides is 1. The second-order valence-electron chi connectivity index (χ2n) is 8.59. The Bertz CT molecular complexity index is 1580. The van der Waals surface area contributed by atoms with E-state index in [0.717, 1.165) is 5.56 Å². The van der Waals surface area contributed by atoms with Crippen molar-refractivity contribution in [2.24, 2.45) is 0 Å². The number of benzene rings is 2. The van der Waals surface area contributed by atoms with E-state index in [0.29, 0.717) is 43.6 Å². The lowest BCUT2D eigenvalue weighted by molar-refractivity contribution is -0.117. The summed E-state index contributed by atoms with van der Waals surface area (Å²) in [5.41, 5.74) is 1.97. The number of carbonyl (C=O) groups excluding carboxylic acids is 2. The van der Waals surface area contributed by atoms with Gasteiger partial charge in [0.25, 0.3) is 5.91 Å². The number of thiazole rings is 1. The van der Waals surface area contributed by atoms with Crippen LogP contribution in [0.4, 0.5) is 9.52 Å². The van der Waals surface area contributed by atoms with E-state index in [1.54, 1.807) is 50.2 Å². The first-order chi connectivity index (χ1) is 18.8. The van der Waals surface area contributed by atoms with Crippen LogP contribution >= 0.6 is 34.4 Å². The van der Waals surface area contributed by atoms with Gasteiger partial charge in [-0.3, -0.25) is 14.5 Å². The van der Waals surface area contributed by atoms with Crippen LogP contribution in [0.25, 0.3) is 0 Å². The number of thioether (sulfide) groups is 1. The van der Waals surface area contributed by atoms with Crippen molar-refractivity contribution in [3.8, 4) is 5.75 Å². The molecule has 0 fully saturated rings. The third kappa shape index (κ3) is 5.45. The van der Waals surface area contributed by atoms with Crippen LogP contribution in [0.15, 0.2) is 64.2 Å². The lowest BCUT2D eigenvalue weighted by atomic mass is 9.95. The van der Waals surface area contributed by atoms with Gasteiger partial charge in [-0.25, -0.2) is 9.37 Å². The smallest absolute Gasteiger partial charge is 0.296 e. The van der Waals surface area contributed by atoms with Crippen molar-refractivity contribution in [1.29, 1.82) is 0 Å². The van der Waals surface area contributed by atoms with Crippen molar-refractivity contribution in [2.45, 2.75) is 36.9 Å². The van der Waals surface area contributed by atoms with Gasteiger partial charge < -0.3 is 9.84 Å². The molecule has 0 spiro atoms. The summed E-state index contributed by atoms with van der Waals surface area (Å²) in [6.07, 6.45) is 0. The van der Waals surface area contributed by atoms with Crippen molar-refractivity contribution in [1.82, 2.24) is 15.2 Å². The first-order valence-electron chi connectivity index (χ1n) is 12.0. The van der Waals surface area contributed by atoms with Gasteiger partial charge in [-0.15, -0.1) is 21.5 Å². The van der Waals surface area contributed by atoms with Gasteiger partial charge in [0, 0.05) is 5.75 Å². The zero-order valence-electron chi connectivity index (χ0n) is 21.2. The van der Waals surface area contributed by atoms with Crippen LogP contribution in [0.3, 0.4) is 0 Å². The fourth-order valence-electron chi connectivity index (χ4n) is 4.24. The fraction of sp³-hybridized carbons (Fsp3) is 0.222. The number of ketones is 1. The molecule has 1 aliphatic heterocycles. The number of hydrogen-bond donors (Lipinski definition) is 1. The molecule has 1 N–H and O–H groups in total. The number of nitrogens with zero attached hydrogens (tertiary/aromatic N) is 4. The van der Waals surface area contributed by atoms with Crippen LogP contribution < -0.4 is 9.64 Å². The Morgan fingerprint density at radius 2 is 1.92 bits per heavy atom. The first-order valence-corrected chi connectivity index (χ1v) is 14.6. The van der Waals surface area contributed by atoms with E-state index in [4.69, 9.17) is 4.74 Å². The highest BCUT2D eigenvalue weighted by Gasteiger charge is 2.46. The summed E-state index contributed by atoms with van der Waals surface area (Å²) >= 11 is 3.78. The predicted octanol–water partition coefficient (Wildman–Crippen LogP) is 6.22. The normalized spacial score (nSPS) is 15.3. The number of hydrogen-bond acceptors (Lipinski definition) is 10. The minimum atomic E-state index is -0.949. The quantitative estimate of drug-likeness (QED) is 0.141. The predicted molar refractivity (Wildman–Crippen MR) is 149 cm³/mol. The molecule has 0 bridgehead atoms.